The number of alkyl halides is 3. The Bertz CT molecular complexity index is 441. The molecule has 3 nitrogen and oxygen atoms in total. The van der Waals surface area contributed by atoms with Gasteiger partial charge < -0.3 is 9.84 Å². The van der Waals surface area contributed by atoms with Crippen molar-refractivity contribution in [1.29, 1.82) is 0 Å². The van der Waals surface area contributed by atoms with E-state index in [4.69, 9.17) is 4.74 Å². The molecule has 0 fully saturated rings. The molecule has 0 saturated carbocycles. The molecule has 0 saturated heterocycles. The van der Waals surface area contributed by atoms with Crippen molar-refractivity contribution in [3.05, 3.63) is 29.6 Å². The number of nitrogens with zero attached hydrogens (tertiary/aromatic N) is 1. The molecule has 0 spiro atoms. The van der Waals surface area contributed by atoms with Crippen LogP contribution in [0.3, 0.4) is 0 Å². The van der Waals surface area contributed by atoms with E-state index in [1.807, 2.05) is 0 Å². The molecule has 1 aromatic heterocycles. The SMILES string of the molecule is CC=C(O)c1cc(C)c(OCCC(F)(F)F)cn1. The zero-order valence-corrected chi connectivity index (χ0v) is 10.1. The molecule has 18 heavy (non-hydrogen) atoms. The lowest BCUT2D eigenvalue weighted by Gasteiger charge is -2.11. The predicted octanol–water partition coefficient (Wildman–Crippen LogP) is 3.64. The zero-order chi connectivity index (χ0) is 13.8. The maximum Gasteiger partial charge on any atom is 0.392 e. The lowest BCUT2D eigenvalue weighted by Crippen LogP contribution is -2.13. The second-order valence-corrected chi connectivity index (χ2v) is 3.72. The quantitative estimate of drug-likeness (QED) is 0.841. The van der Waals surface area contributed by atoms with E-state index in [9.17, 15) is 18.3 Å². The first-order chi connectivity index (χ1) is 8.33. The first-order valence-corrected chi connectivity index (χ1v) is 5.35. The Morgan fingerprint density at radius 3 is 2.67 bits per heavy atom. The molecule has 1 heterocycles. The third-order valence-electron chi connectivity index (χ3n) is 2.24. The number of aliphatic hydroxyl groups excluding tert-OH is 1. The first-order valence-electron chi connectivity index (χ1n) is 5.35. The summed E-state index contributed by atoms with van der Waals surface area (Å²) in [7, 11) is 0. The fourth-order valence-electron chi connectivity index (χ4n) is 1.26. The topological polar surface area (TPSA) is 42.4 Å². The average Bonchev–Trinajstić information content (AvgIpc) is 2.28. The highest BCUT2D eigenvalue weighted by atomic mass is 19.4. The fraction of sp³-hybridized carbons (Fsp3) is 0.417. The molecule has 0 atom stereocenters. The van der Waals surface area contributed by atoms with Gasteiger partial charge in [0, 0.05) is 0 Å². The highest BCUT2D eigenvalue weighted by Gasteiger charge is 2.26. The summed E-state index contributed by atoms with van der Waals surface area (Å²) in [6, 6.07) is 1.55. The van der Waals surface area contributed by atoms with E-state index in [-0.39, 0.29) is 11.5 Å². The van der Waals surface area contributed by atoms with Crippen molar-refractivity contribution in [2.24, 2.45) is 0 Å². The molecule has 0 bridgehead atoms. The van der Waals surface area contributed by atoms with Gasteiger partial charge in [0.25, 0.3) is 0 Å². The van der Waals surface area contributed by atoms with Gasteiger partial charge in [-0.15, -0.1) is 0 Å². The van der Waals surface area contributed by atoms with E-state index in [2.05, 4.69) is 4.98 Å². The van der Waals surface area contributed by atoms with Crippen molar-refractivity contribution in [2.45, 2.75) is 26.4 Å². The Morgan fingerprint density at radius 1 is 1.50 bits per heavy atom. The largest absolute Gasteiger partial charge is 0.506 e. The van der Waals surface area contributed by atoms with E-state index >= 15 is 0 Å². The van der Waals surface area contributed by atoms with Gasteiger partial charge >= 0.3 is 6.18 Å². The van der Waals surface area contributed by atoms with Crippen LogP contribution in [0, 0.1) is 6.92 Å². The van der Waals surface area contributed by atoms with Crippen molar-refractivity contribution < 1.29 is 23.0 Å². The molecular formula is C12H14F3NO2. The summed E-state index contributed by atoms with van der Waals surface area (Å²) in [5.41, 5.74) is 0.980. The molecule has 0 amide bonds. The lowest BCUT2D eigenvalue weighted by molar-refractivity contribution is -0.139. The van der Waals surface area contributed by atoms with Crippen LogP contribution in [0.15, 0.2) is 18.3 Å². The third kappa shape index (κ3) is 4.27. The summed E-state index contributed by atoms with van der Waals surface area (Å²) in [6.07, 6.45) is -2.45. The van der Waals surface area contributed by atoms with Crippen molar-refractivity contribution in [2.75, 3.05) is 6.61 Å². The highest BCUT2D eigenvalue weighted by Crippen LogP contribution is 2.23. The van der Waals surface area contributed by atoms with Crippen molar-refractivity contribution in [3.8, 4) is 5.75 Å². The summed E-state index contributed by atoms with van der Waals surface area (Å²) in [6.45, 7) is 2.89. The van der Waals surface area contributed by atoms with E-state index in [1.54, 1.807) is 19.9 Å². The second-order valence-electron chi connectivity index (χ2n) is 3.72. The van der Waals surface area contributed by atoms with Crippen LogP contribution in [0.1, 0.15) is 24.6 Å². The van der Waals surface area contributed by atoms with Gasteiger partial charge in [0.05, 0.1) is 19.2 Å². The number of ether oxygens (including phenoxy) is 1. The summed E-state index contributed by atoms with van der Waals surface area (Å²) in [4.78, 5) is 3.90. The Hall–Kier alpha value is -1.72. The van der Waals surface area contributed by atoms with Crippen LogP contribution in [0.4, 0.5) is 13.2 Å². The van der Waals surface area contributed by atoms with Gasteiger partial charge in [0.15, 0.2) is 0 Å². The maximum atomic E-state index is 11.9. The number of hydrogen-bond acceptors (Lipinski definition) is 3. The smallest absolute Gasteiger partial charge is 0.392 e. The van der Waals surface area contributed by atoms with Crippen LogP contribution < -0.4 is 4.74 Å². The number of aryl methyl sites for hydroxylation is 1. The normalized spacial score (nSPS) is 12.6. The highest BCUT2D eigenvalue weighted by molar-refractivity contribution is 5.55. The third-order valence-corrected chi connectivity index (χ3v) is 2.24. The second kappa shape index (κ2) is 5.75. The van der Waals surface area contributed by atoms with E-state index in [0.717, 1.165) is 0 Å². The van der Waals surface area contributed by atoms with Crippen LogP contribution >= 0.6 is 0 Å². The minimum atomic E-state index is -4.23. The van der Waals surface area contributed by atoms with E-state index < -0.39 is 19.2 Å². The standard InChI is InChI=1S/C12H14F3NO2/c1-3-10(17)9-6-8(2)11(7-16-9)18-5-4-12(13,14)15/h3,6-7,17H,4-5H2,1-2H3. The maximum absolute atomic E-state index is 11.9. The molecule has 0 aliphatic heterocycles. The van der Waals surface area contributed by atoms with E-state index in [0.29, 0.717) is 11.3 Å². The molecule has 0 aliphatic carbocycles. The molecule has 100 valence electrons. The molecule has 0 aromatic carbocycles. The Morgan fingerprint density at radius 2 is 2.17 bits per heavy atom. The number of allylic oxidation sites excluding steroid dienone is 1. The summed E-state index contributed by atoms with van der Waals surface area (Å²) in [5, 5.41) is 9.44. The van der Waals surface area contributed by atoms with Crippen molar-refractivity contribution >= 4 is 5.76 Å². The minimum Gasteiger partial charge on any atom is -0.506 e. The molecule has 0 aliphatic rings. The number of hydrogen-bond donors (Lipinski definition) is 1. The zero-order valence-electron chi connectivity index (χ0n) is 10.1. The average molecular weight is 261 g/mol. The number of pyridine rings is 1. The molecule has 0 unspecified atom stereocenters. The number of aromatic nitrogens is 1. The van der Waals surface area contributed by atoms with Crippen molar-refractivity contribution in [3.63, 3.8) is 0 Å². The molecule has 6 heteroatoms. The predicted molar refractivity (Wildman–Crippen MR) is 61.4 cm³/mol. The van der Waals surface area contributed by atoms with Gasteiger partial charge in [-0.05, 0) is 31.6 Å². The van der Waals surface area contributed by atoms with Gasteiger partial charge in [0.2, 0.25) is 0 Å². The van der Waals surface area contributed by atoms with E-state index in [1.165, 1.54) is 12.3 Å². The Labute approximate surface area is 103 Å². The number of rotatable bonds is 4. The molecule has 1 aromatic rings. The van der Waals surface area contributed by atoms with Crippen LogP contribution in [0.2, 0.25) is 0 Å². The number of halogens is 3. The fourth-order valence-corrected chi connectivity index (χ4v) is 1.26. The van der Waals surface area contributed by atoms with Gasteiger partial charge in [-0.3, -0.25) is 0 Å². The summed E-state index contributed by atoms with van der Waals surface area (Å²) >= 11 is 0. The van der Waals surface area contributed by atoms with Crippen molar-refractivity contribution in [1.82, 2.24) is 4.98 Å². The molecule has 1 rings (SSSR count). The molecule has 1 N–H and O–H groups in total. The lowest BCUT2D eigenvalue weighted by atomic mass is 10.2. The number of aliphatic hydroxyl groups is 1. The van der Waals surface area contributed by atoms with Crippen LogP contribution in [-0.2, 0) is 0 Å². The summed E-state index contributed by atoms with van der Waals surface area (Å²) in [5.74, 6) is 0.298. The van der Waals surface area contributed by atoms with Gasteiger partial charge in [-0.2, -0.15) is 13.2 Å². The first kappa shape index (κ1) is 14.3. The summed E-state index contributed by atoms with van der Waals surface area (Å²) < 4.78 is 40.8. The van der Waals surface area contributed by atoms with Gasteiger partial charge in [0.1, 0.15) is 17.2 Å². The van der Waals surface area contributed by atoms with Gasteiger partial charge in [-0.1, -0.05) is 0 Å². The molecule has 0 radical (unpaired) electrons. The van der Waals surface area contributed by atoms with Gasteiger partial charge in [-0.25, -0.2) is 4.98 Å². The monoisotopic (exact) mass is 261 g/mol. The minimum absolute atomic E-state index is 0.0138. The Balaban J connectivity index is 2.69. The van der Waals surface area contributed by atoms with Crippen LogP contribution in [0.5, 0.6) is 5.75 Å². The van der Waals surface area contributed by atoms with Crippen LogP contribution in [0.25, 0.3) is 5.76 Å². The molecular weight excluding hydrogens is 247 g/mol. The van der Waals surface area contributed by atoms with Crippen LogP contribution in [-0.4, -0.2) is 22.9 Å². The Kier molecular flexibility index (Phi) is 4.58.